The van der Waals surface area contributed by atoms with Crippen LogP contribution in [0, 0.1) is 0 Å². The largest absolute Gasteiger partial charge is 0.366 e. The van der Waals surface area contributed by atoms with Crippen LogP contribution in [0.3, 0.4) is 0 Å². The molecule has 0 unspecified atom stereocenters. The van der Waals surface area contributed by atoms with Crippen LogP contribution >= 0.6 is 0 Å². The van der Waals surface area contributed by atoms with Gasteiger partial charge >= 0.3 is 0 Å². The lowest BCUT2D eigenvalue weighted by Gasteiger charge is -2.08. The molecule has 1 aliphatic rings. The Morgan fingerprint density at radius 3 is 2.23 bits per heavy atom. The third-order valence-corrected chi connectivity index (χ3v) is 6.00. The standard InChI is InChI=1S/C18H20O3S/c1-18(17(21-18)14-15-8-4-2-5-9-15)12-13-22(19,20)16-10-6-3-7-11-16/h2-11,17H,12-14H2,1H3/t17-,18-/m1/s1. The Morgan fingerprint density at radius 1 is 1.00 bits per heavy atom. The predicted octanol–water partition coefficient (Wildman–Crippen LogP) is 3.25. The van der Waals surface area contributed by atoms with Gasteiger partial charge in [-0.1, -0.05) is 48.5 Å². The monoisotopic (exact) mass is 316 g/mol. The van der Waals surface area contributed by atoms with Gasteiger partial charge in [-0.05, 0) is 31.0 Å². The Balaban J connectivity index is 1.58. The summed E-state index contributed by atoms with van der Waals surface area (Å²) in [6, 6.07) is 18.8. The van der Waals surface area contributed by atoms with Crippen LogP contribution < -0.4 is 0 Å². The molecule has 0 saturated carbocycles. The van der Waals surface area contributed by atoms with E-state index in [2.05, 4.69) is 12.1 Å². The Kier molecular flexibility index (Phi) is 4.06. The molecule has 2 aromatic carbocycles. The fourth-order valence-corrected chi connectivity index (χ4v) is 4.16. The second kappa shape index (κ2) is 5.86. The fraction of sp³-hybridized carbons (Fsp3) is 0.333. The molecule has 0 amide bonds. The fourth-order valence-electron chi connectivity index (χ4n) is 2.68. The van der Waals surface area contributed by atoms with Crippen molar-refractivity contribution < 1.29 is 13.2 Å². The summed E-state index contributed by atoms with van der Waals surface area (Å²) in [6.45, 7) is 2.00. The van der Waals surface area contributed by atoms with Crippen molar-refractivity contribution in [1.29, 1.82) is 0 Å². The van der Waals surface area contributed by atoms with E-state index in [0.29, 0.717) is 11.3 Å². The molecule has 0 N–H and O–H groups in total. The minimum atomic E-state index is -3.23. The Bertz CT molecular complexity index is 725. The molecule has 22 heavy (non-hydrogen) atoms. The molecule has 1 heterocycles. The number of epoxide rings is 1. The van der Waals surface area contributed by atoms with Gasteiger partial charge in [-0.3, -0.25) is 0 Å². The third kappa shape index (κ3) is 3.39. The smallest absolute Gasteiger partial charge is 0.178 e. The first-order chi connectivity index (χ1) is 10.5. The minimum Gasteiger partial charge on any atom is -0.366 e. The summed E-state index contributed by atoms with van der Waals surface area (Å²) in [6.07, 6.45) is 1.48. The maximum atomic E-state index is 12.3. The molecule has 1 aliphatic heterocycles. The van der Waals surface area contributed by atoms with Crippen LogP contribution in [0.2, 0.25) is 0 Å². The summed E-state index contributed by atoms with van der Waals surface area (Å²) in [7, 11) is -3.23. The molecule has 116 valence electrons. The van der Waals surface area contributed by atoms with Crippen molar-refractivity contribution in [3.05, 3.63) is 66.2 Å². The van der Waals surface area contributed by atoms with Gasteiger partial charge in [0.15, 0.2) is 9.84 Å². The normalized spacial score (nSPS) is 24.1. The second-order valence-electron chi connectivity index (χ2n) is 5.99. The number of hydrogen-bond acceptors (Lipinski definition) is 3. The van der Waals surface area contributed by atoms with Gasteiger partial charge in [-0.25, -0.2) is 8.42 Å². The number of benzene rings is 2. The van der Waals surface area contributed by atoms with E-state index in [1.165, 1.54) is 5.56 Å². The Hall–Kier alpha value is -1.65. The van der Waals surface area contributed by atoms with Crippen LogP contribution in [0.25, 0.3) is 0 Å². The molecule has 1 saturated heterocycles. The highest BCUT2D eigenvalue weighted by Gasteiger charge is 2.51. The number of ether oxygens (including phenoxy) is 1. The first-order valence-electron chi connectivity index (χ1n) is 7.49. The van der Waals surface area contributed by atoms with E-state index < -0.39 is 9.84 Å². The number of rotatable bonds is 6. The van der Waals surface area contributed by atoms with E-state index in [1.54, 1.807) is 24.3 Å². The molecule has 2 atom stereocenters. The van der Waals surface area contributed by atoms with Gasteiger partial charge in [0.05, 0.1) is 22.4 Å². The first kappa shape index (κ1) is 15.3. The van der Waals surface area contributed by atoms with Crippen molar-refractivity contribution in [2.45, 2.75) is 36.4 Å². The zero-order valence-electron chi connectivity index (χ0n) is 12.6. The zero-order chi connectivity index (χ0) is 15.6. The summed E-state index contributed by atoms with van der Waals surface area (Å²) in [4.78, 5) is 0.388. The van der Waals surface area contributed by atoms with Crippen molar-refractivity contribution in [3.63, 3.8) is 0 Å². The lowest BCUT2D eigenvalue weighted by atomic mass is 9.99. The van der Waals surface area contributed by atoms with Crippen molar-refractivity contribution in [3.8, 4) is 0 Å². The van der Waals surface area contributed by atoms with Gasteiger partial charge in [-0.2, -0.15) is 0 Å². The molecule has 0 radical (unpaired) electrons. The van der Waals surface area contributed by atoms with Gasteiger partial charge in [0.25, 0.3) is 0 Å². The van der Waals surface area contributed by atoms with Gasteiger partial charge in [-0.15, -0.1) is 0 Å². The van der Waals surface area contributed by atoms with E-state index in [1.807, 2.05) is 31.2 Å². The SMILES string of the molecule is C[C@]1(CCS(=O)(=O)c2ccccc2)O[C@@H]1Cc1ccccc1. The number of sulfone groups is 1. The van der Waals surface area contributed by atoms with E-state index in [9.17, 15) is 8.42 Å². The van der Waals surface area contributed by atoms with Gasteiger partial charge in [0.2, 0.25) is 0 Å². The maximum absolute atomic E-state index is 12.3. The van der Waals surface area contributed by atoms with Crippen LogP contribution in [-0.2, 0) is 21.0 Å². The van der Waals surface area contributed by atoms with Crippen molar-refractivity contribution >= 4 is 9.84 Å². The predicted molar refractivity (Wildman–Crippen MR) is 86.5 cm³/mol. The molecule has 0 aliphatic carbocycles. The van der Waals surface area contributed by atoms with Crippen LogP contribution in [0.15, 0.2) is 65.6 Å². The second-order valence-corrected chi connectivity index (χ2v) is 8.10. The van der Waals surface area contributed by atoms with E-state index in [0.717, 1.165) is 6.42 Å². The molecule has 2 aromatic rings. The molecule has 0 spiro atoms. The summed E-state index contributed by atoms with van der Waals surface area (Å²) < 4.78 is 30.4. The van der Waals surface area contributed by atoms with Crippen LogP contribution in [0.1, 0.15) is 18.9 Å². The lowest BCUT2D eigenvalue weighted by Crippen LogP contribution is -2.18. The third-order valence-electron chi connectivity index (χ3n) is 4.27. The van der Waals surface area contributed by atoms with Crippen molar-refractivity contribution in [2.24, 2.45) is 0 Å². The summed E-state index contributed by atoms with van der Waals surface area (Å²) >= 11 is 0. The molecule has 1 fully saturated rings. The van der Waals surface area contributed by atoms with E-state index in [-0.39, 0.29) is 17.5 Å². The van der Waals surface area contributed by atoms with Gasteiger partial charge in [0, 0.05) is 6.42 Å². The summed E-state index contributed by atoms with van der Waals surface area (Å²) in [5.74, 6) is 0.124. The highest BCUT2D eigenvalue weighted by atomic mass is 32.2. The van der Waals surface area contributed by atoms with Crippen LogP contribution in [-0.4, -0.2) is 25.9 Å². The zero-order valence-corrected chi connectivity index (χ0v) is 13.4. The Labute approximate surface area is 131 Å². The molecule has 0 bridgehead atoms. The average molecular weight is 316 g/mol. The van der Waals surface area contributed by atoms with Crippen LogP contribution in [0.5, 0.6) is 0 Å². The molecule has 4 heteroatoms. The van der Waals surface area contributed by atoms with Crippen molar-refractivity contribution in [1.82, 2.24) is 0 Å². The average Bonchev–Trinajstić information content (AvgIpc) is 3.18. The van der Waals surface area contributed by atoms with Crippen LogP contribution in [0.4, 0.5) is 0 Å². The highest BCUT2D eigenvalue weighted by molar-refractivity contribution is 7.91. The molecule has 0 aromatic heterocycles. The van der Waals surface area contributed by atoms with Gasteiger partial charge < -0.3 is 4.74 Å². The van der Waals surface area contributed by atoms with Gasteiger partial charge in [0.1, 0.15) is 0 Å². The quantitative estimate of drug-likeness (QED) is 0.769. The first-order valence-corrected chi connectivity index (χ1v) is 9.14. The lowest BCUT2D eigenvalue weighted by molar-refractivity contribution is 0.302. The Morgan fingerprint density at radius 2 is 1.59 bits per heavy atom. The molecular weight excluding hydrogens is 296 g/mol. The van der Waals surface area contributed by atoms with E-state index in [4.69, 9.17) is 4.74 Å². The molecular formula is C18H20O3S. The highest BCUT2D eigenvalue weighted by Crippen LogP contribution is 2.41. The topological polar surface area (TPSA) is 46.7 Å². The number of hydrogen-bond donors (Lipinski definition) is 0. The maximum Gasteiger partial charge on any atom is 0.178 e. The summed E-state index contributed by atoms with van der Waals surface area (Å²) in [5, 5.41) is 0. The summed E-state index contributed by atoms with van der Waals surface area (Å²) in [5.41, 5.74) is 0.902. The molecule has 3 nitrogen and oxygen atoms in total. The molecule has 3 rings (SSSR count). The minimum absolute atomic E-state index is 0.112. The van der Waals surface area contributed by atoms with E-state index >= 15 is 0 Å². The van der Waals surface area contributed by atoms with Crippen molar-refractivity contribution in [2.75, 3.05) is 5.75 Å².